The number of benzene rings is 1. The van der Waals surface area contributed by atoms with Gasteiger partial charge in [0.1, 0.15) is 12.4 Å². The van der Waals surface area contributed by atoms with E-state index < -0.39 is 6.10 Å². The van der Waals surface area contributed by atoms with Gasteiger partial charge in [0.15, 0.2) is 0 Å². The fraction of sp³-hybridized carbons (Fsp3) is 0.412. The highest BCUT2D eigenvalue weighted by molar-refractivity contribution is 5.69. The van der Waals surface area contributed by atoms with Crippen molar-refractivity contribution in [3.8, 4) is 0 Å². The van der Waals surface area contributed by atoms with Crippen molar-refractivity contribution in [1.29, 1.82) is 0 Å². The molecule has 0 saturated carbocycles. The van der Waals surface area contributed by atoms with Crippen molar-refractivity contribution in [2.24, 2.45) is 0 Å². The predicted molar refractivity (Wildman–Crippen MR) is 80.7 cm³/mol. The van der Waals surface area contributed by atoms with Crippen molar-refractivity contribution in [3.63, 3.8) is 0 Å². The van der Waals surface area contributed by atoms with Crippen LogP contribution in [-0.2, 0) is 25.7 Å². The molecule has 1 rings (SSSR count). The van der Waals surface area contributed by atoms with Gasteiger partial charge in [0.2, 0.25) is 0 Å². The number of rotatable bonds is 10. The first-order valence-electron chi connectivity index (χ1n) is 7.09. The van der Waals surface area contributed by atoms with Gasteiger partial charge < -0.3 is 14.3 Å². The van der Waals surface area contributed by atoms with E-state index in [1.54, 1.807) is 0 Å². The first-order chi connectivity index (χ1) is 10.3. The average molecular weight is 290 g/mol. The lowest BCUT2D eigenvalue weighted by molar-refractivity contribution is -0.140. The van der Waals surface area contributed by atoms with Crippen LogP contribution in [0.2, 0.25) is 0 Å². The number of esters is 1. The second-order valence-electron chi connectivity index (χ2n) is 4.65. The number of methoxy groups -OCH3 is 1. The molecular weight excluding hydrogens is 268 g/mol. The Hall–Kier alpha value is -1.94. The number of unbranched alkanes of at least 4 members (excludes halogenated alkanes) is 1. The third-order valence-corrected chi connectivity index (χ3v) is 2.97. The van der Waals surface area contributed by atoms with Crippen molar-refractivity contribution < 1.29 is 19.1 Å². The molecule has 0 fully saturated rings. The number of aldehydes is 1. The third-order valence-electron chi connectivity index (χ3n) is 2.97. The Morgan fingerprint density at radius 1 is 1.24 bits per heavy atom. The summed E-state index contributed by atoms with van der Waals surface area (Å²) in [5.74, 6) is -0.194. The maximum Gasteiger partial charge on any atom is 0.305 e. The summed E-state index contributed by atoms with van der Waals surface area (Å²) < 4.78 is 10.1. The molecule has 0 bridgehead atoms. The summed E-state index contributed by atoms with van der Waals surface area (Å²) in [4.78, 5) is 21.9. The van der Waals surface area contributed by atoms with Gasteiger partial charge >= 0.3 is 5.97 Å². The second-order valence-corrected chi connectivity index (χ2v) is 4.65. The summed E-state index contributed by atoms with van der Waals surface area (Å²) in [5, 5.41) is 0. The van der Waals surface area contributed by atoms with Gasteiger partial charge in [0.05, 0.1) is 13.7 Å². The third kappa shape index (κ3) is 8.05. The molecule has 1 aromatic rings. The van der Waals surface area contributed by atoms with Crippen molar-refractivity contribution in [1.82, 2.24) is 0 Å². The Balaban J connectivity index is 2.18. The van der Waals surface area contributed by atoms with E-state index in [4.69, 9.17) is 4.74 Å². The lowest BCUT2D eigenvalue weighted by atomic mass is 10.2. The van der Waals surface area contributed by atoms with Gasteiger partial charge in [-0.15, -0.1) is 0 Å². The maximum absolute atomic E-state index is 11.0. The number of hydrogen-bond donors (Lipinski definition) is 0. The van der Waals surface area contributed by atoms with Gasteiger partial charge in [-0.2, -0.15) is 0 Å². The predicted octanol–water partition coefficient (Wildman–Crippen LogP) is 3.06. The number of ether oxygens (including phenoxy) is 2. The quantitative estimate of drug-likeness (QED) is 0.288. The molecule has 0 N–H and O–H groups in total. The molecule has 1 aromatic carbocycles. The average Bonchev–Trinajstić information content (AvgIpc) is 2.54. The summed E-state index contributed by atoms with van der Waals surface area (Å²) in [7, 11) is 1.39. The van der Waals surface area contributed by atoms with Crippen LogP contribution in [0.1, 0.15) is 31.2 Å². The van der Waals surface area contributed by atoms with Crippen LogP contribution in [0.5, 0.6) is 0 Å². The van der Waals surface area contributed by atoms with Crippen molar-refractivity contribution >= 4 is 12.3 Å². The molecule has 114 valence electrons. The first-order valence-corrected chi connectivity index (χ1v) is 7.09. The molecule has 0 spiro atoms. The normalized spacial score (nSPS) is 12.2. The lowest BCUT2D eigenvalue weighted by Gasteiger charge is -2.09. The van der Waals surface area contributed by atoms with Crippen LogP contribution in [0, 0.1) is 0 Å². The Bertz CT molecular complexity index is 439. The Morgan fingerprint density at radius 3 is 2.67 bits per heavy atom. The number of allylic oxidation sites excluding steroid dienone is 1. The zero-order valence-electron chi connectivity index (χ0n) is 12.4. The van der Waals surface area contributed by atoms with Crippen LogP contribution >= 0.6 is 0 Å². The molecular formula is C17H22O4. The van der Waals surface area contributed by atoms with Gasteiger partial charge in [-0.3, -0.25) is 4.79 Å². The molecule has 4 heteroatoms. The van der Waals surface area contributed by atoms with E-state index in [9.17, 15) is 9.59 Å². The zero-order valence-corrected chi connectivity index (χ0v) is 12.4. The first kappa shape index (κ1) is 17.1. The highest BCUT2D eigenvalue weighted by Gasteiger charge is 2.05. The van der Waals surface area contributed by atoms with Crippen LogP contribution in [0.15, 0.2) is 42.5 Å². The maximum atomic E-state index is 11.0. The van der Waals surface area contributed by atoms with E-state index in [1.807, 2.05) is 42.5 Å². The fourth-order valence-corrected chi connectivity index (χ4v) is 1.75. The number of carbonyl (C=O) groups is 2. The van der Waals surface area contributed by atoms with Crippen molar-refractivity contribution in [3.05, 3.63) is 48.0 Å². The number of hydrogen-bond acceptors (Lipinski definition) is 4. The minimum absolute atomic E-state index is 0.194. The van der Waals surface area contributed by atoms with Gasteiger partial charge in [0.25, 0.3) is 0 Å². The van der Waals surface area contributed by atoms with Crippen LogP contribution in [-0.4, -0.2) is 25.5 Å². The van der Waals surface area contributed by atoms with Crippen LogP contribution in [0.25, 0.3) is 0 Å². The van der Waals surface area contributed by atoms with E-state index >= 15 is 0 Å². The molecule has 0 heterocycles. The second kappa shape index (κ2) is 10.8. The molecule has 21 heavy (non-hydrogen) atoms. The SMILES string of the molecule is COC(=O)CCC/C=C\C[C@H](C=O)OCc1ccccc1. The minimum Gasteiger partial charge on any atom is -0.469 e. The van der Waals surface area contributed by atoms with Gasteiger partial charge in [-0.1, -0.05) is 42.5 Å². The highest BCUT2D eigenvalue weighted by Crippen LogP contribution is 2.06. The molecule has 0 aliphatic rings. The van der Waals surface area contributed by atoms with Gasteiger partial charge in [-0.05, 0) is 24.8 Å². The molecule has 0 aromatic heterocycles. The van der Waals surface area contributed by atoms with Crippen molar-refractivity contribution in [2.45, 2.75) is 38.4 Å². The lowest BCUT2D eigenvalue weighted by Crippen LogP contribution is -2.13. The van der Waals surface area contributed by atoms with E-state index in [0.29, 0.717) is 19.4 Å². The summed E-state index contributed by atoms with van der Waals surface area (Å²) >= 11 is 0. The molecule has 0 amide bonds. The molecule has 0 saturated heterocycles. The van der Waals surface area contributed by atoms with E-state index in [0.717, 1.165) is 24.7 Å². The molecule has 0 radical (unpaired) electrons. The summed E-state index contributed by atoms with van der Waals surface area (Å²) in [6.45, 7) is 0.431. The Labute approximate surface area is 125 Å². The summed E-state index contributed by atoms with van der Waals surface area (Å²) in [6, 6.07) is 9.75. The Morgan fingerprint density at radius 2 is 2.00 bits per heavy atom. The minimum atomic E-state index is -0.429. The number of carbonyl (C=O) groups excluding carboxylic acids is 2. The van der Waals surface area contributed by atoms with Crippen molar-refractivity contribution in [2.75, 3.05) is 7.11 Å². The van der Waals surface area contributed by atoms with E-state index in [1.165, 1.54) is 7.11 Å². The molecule has 0 aliphatic carbocycles. The molecule has 0 aliphatic heterocycles. The molecule has 0 unspecified atom stereocenters. The van der Waals surface area contributed by atoms with Crippen LogP contribution in [0.4, 0.5) is 0 Å². The highest BCUT2D eigenvalue weighted by atomic mass is 16.5. The van der Waals surface area contributed by atoms with E-state index in [-0.39, 0.29) is 5.97 Å². The Kier molecular flexibility index (Phi) is 8.80. The zero-order chi connectivity index (χ0) is 15.3. The topological polar surface area (TPSA) is 52.6 Å². The van der Waals surface area contributed by atoms with Crippen LogP contribution in [0.3, 0.4) is 0 Å². The fourth-order valence-electron chi connectivity index (χ4n) is 1.75. The summed E-state index contributed by atoms with van der Waals surface area (Å²) in [5.41, 5.74) is 1.05. The van der Waals surface area contributed by atoms with E-state index in [2.05, 4.69) is 4.74 Å². The van der Waals surface area contributed by atoms with Crippen LogP contribution < -0.4 is 0 Å². The standard InChI is InChI=1S/C17H22O4/c1-20-17(19)12-8-3-2-7-11-16(13-18)21-14-15-9-5-4-6-10-15/h2,4-7,9-10,13,16H,3,8,11-12,14H2,1H3/b7-2-/t16-/m1/s1. The summed E-state index contributed by atoms with van der Waals surface area (Å²) in [6.07, 6.45) is 6.78. The monoisotopic (exact) mass is 290 g/mol. The smallest absolute Gasteiger partial charge is 0.305 e. The largest absolute Gasteiger partial charge is 0.469 e. The van der Waals surface area contributed by atoms with Gasteiger partial charge in [0, 0.05) is 6.42 Å². The van der Waals surface area contributed by atoms with Gasteiger partial charge in [-0.25, -0.2) is 0 Å². The molecule has 1 atom stereocenters. The molecule has 4 nitrogen and oxygen atoms in total.